The van der Waals surface area contributed by atoms with Crippen LogP contribution in [-0.2, 0) is 41.2 Å². The predicted molar refractivity (Wildman–Crippen MR) is 186 cm³/mol. The fourth-order valence-corrected chi connectivity index (χ4v) is 8.20. The minimum Gasteiger partial charge on any atom is -0.387 e. The molecular weight excluding hydrogens is 858 g/mol. The first-order valence-electron chi connectivity index (χ1n) is 15.8. The van der Waals surface area contributed by atoms with Gasteiger partial charge in [-0.3, -0.25) is 18.7 Å². The van der Waals surface area contributed by atoms with Crippen LogP contribution in [0.25, 0.3) is 11.2 Å². The number of carbonyl (C=O) groups excluding carboxylic acids is 2. The van der Waals surface area contributed by atoms with Gasteiger partial charge >= 0.3 is 23.5 Å². The highest BCUT2D eigenvalue weighted by molar-refractivity contribution is 14.1. The van der Waals surface area contributed by atoms with E-state index in [9.17, 15) is 43.3 Å². The summed E-state index contributed by atoms with van der Waals surface area (Å²) in [5.41, 5.74) is 0.540. The van der Waals surface area contributed by atoms with Crippen molar-refractivity contribution < 1.29 is 71.0 Å². The Morgan fingerprint density at radius 3 is 2.10 bits per heavy atom. The van der Waals surface area contributed by atoms with Gasteiger partial charge in [-0.15, -0.1) is 0 Å². The molecule has 51 heavy (non-hydrogen) atoms. The summed E-state index contributed by atoms with van der Waals surface area (Å²) in [6.07, 6.45) is 3.93. The van der Waals surface area contributed by atoms with E-state index in [0.717, 1.165) is 51.4 Å². The highest BCUT2D eigenvalue weighted by atomic mass is 127. The first kappa shape index (κ1) is 43.7. The minimum atomic E-state index is -5.75. The zero-order chi connectivity index (χ0) is 37.7. The Kier molecular flexibility index (Phi) is 17.7. The number of alkyl halides is 1. The van der Waals surface area contributed by atoms with E-state index in [1.54, 1.807) is 0 Å². The number of ether oxygens (including phenoxy) is 1. The lowest BCUT2D eigenvalue weighted by atomic mass is 10.1. The molecule has 0 bridgehead atoms. The number of aromatic nitrogens is 4. The van der Waals surface area contributed by atoms with Crippen LogP contribution in [0.15, 0.2) is 12.7 Å². The molecule has 1 aliphatic rings. The molecule has 0 aromatic carbocycles. The Balaban J connectivity index is 1.37. The SMILES string of the molecule is O=C(CI)NCCCCCCC(=O)NCCCCCCNc1ncnc2c1ncn2C1OC(COP(=O)(O)OP(=O)(O)OP(=O)(O)O)C(O)C1O. The van der Waals surface area contributed by atoms with Crippen molar-refractivity contribution in [3.05, 3.63) is 12.7 Å². The Morgan fingerprint density at radius 1 is 0.824 bits per heavy atom. The Bertz CT molecular complexity index is 1580. The molecule has 2 amide bonds. The molecule has 2 aromatic rings. The number of phosphoric ester groups is 1. The van der Waals surface area contributed by atoms with Crippen LogP contribution in [0.2, 0.25) is 0 Å². The van der Waals surface area contributed by atoms with Crippen LogP contribution in [0.1, 0.15) is 64.0 Å². The van der Waals surface area contributed by atoms with Crippen molar-refractivity contribution in [2.24, 2.45) is 0 Å². The molecule has 26 heteroatoms. The Morgan fingerprint density at radius 2 is 1.45 bits per heavy atom. The third kappa shape index (κ3) is 15.3. The van der Waals surface area contributed by atoms with Crippen LogP contribution in [-0.4, -0.2) is 110 Å². The van der Waals surface area contributed by atoms with Crippen LogP contribution in [0.4, 0.5) is 5.82 Å². The zero-order valence-corrected chi connectivity index (χ0v) is 32.1. The van der Waals surface area contributed by atoms with Crippen LogP contribution in [0.3, 0.4) is 0 Å². The van der Waals surface area contributed by atoms with Crippen molar-refractivity contribution in [1.29, 1.82) is 0 Å². The van der Waals surface area contributed by atoms with Gasteiger partial charge in [0.2, 0.25) is 11.8 Å². The van der Waals surface area contributed by atoms with Gasteiger partial charge in [-0.25, -0.2) is 28.6 Å². The van der Waals surface area contributed by atoms with Crippen molar-refractivity contribution >= 4 is 74.9 Å². The summed E-state index contributed by atoms with van der Waals surface area (Å²) in [6, 6.07) is 0. The normalized spacial score (nSPS) is 21.6. The summed E-state index contributed by atoms with van der Waals surface area (Å²) in [4.78, 5) is 72.1. The number of fused-ring (bicyclic) bond motifs is 1. The van der Waals surface area contributed by atoms with E-state index in [1.807, 2.05) is 22.6 Å². The minimum absolute atomic E-state index is 0.0332. The molecule has 1 fully saturated rings. The maximum Gasteiger partial charge on any atom is 0.490 e. The quantitative estimate of drug-likeness (QED) is 0.0311. The number of carbonyl (C=O) groups is 2. The van der Waals surface area contributed by atoms with Crippen LogP contribution in [0.5, 0.6) is 0 Å². The van der Waals surface area contributed by atoms with Crippen molar-refractivity contribution in [2.75, 3.05) is 36.0 Å². The van der Waals surface area contributed by atoms with E-state index in [-0.39, 0.29) is 17.5 Å². The molecule has 6 unspecified atom stereocenters. The summed E-state index contributed by atoms with van der Waals surface area (Å²) < 4.78 is 53.5. The molecule has 9 N–H and O–H groups in total. The van der Waals surface area contributed by atoms with Gasteiger partial charge in [-0.05, 0) is 25.7 Å². The number of hydrogen-bond acceptors (Lipinski definition) is 15. The smallest absolute Gasteiger partial charge is 0.387 e. The summed E-state index contributed by atoms with van der Waals surface area (Å²) in [5, 5.41) is 30.0. The van der Waals surface area contributed by atoms with Gasteiger partial charge < -0.3 is 50.5 Å². The molecule has 290 valence electrons. The highest BCUT2D eigenvalue weighted by Gasteiger charge is 2.47. The number of aliphatic hydroxyl groups excluding tert-OH is 2. The number of nitrogens with zero attached hydrogens (tertiary/aromatic N) is 4. The average molecular weight is 901 g/mol. The molecule has 1 aliphatic heterocycles. The molecule has 1 saturated heterocycles. The number of amides is 2. The molecule has 6 atom stereocenters. The molecular formula is C25H43IN7O15P3. The van der Waals surface area contributed by atoms with Crippen LogP contribution < -0.4 is 16.0 Å². The van der Waals surface area contributed by atoms with Gasteiger partial charge in [0.1, 0.15) is 24.6 Å². The van der Waals surface area contributed by atoms with E-state index < -0.39 is 54.6 Å². The fraction of sp³-hybridized carbons (Fsp3) is 0.720. The zero-order valence-electron chi connectivity index (χ0n) is 27.2. The number of rotatable bonds is 24. The second-order valence-corrected chi connectivity index (χ2v) is 16.5. The summed E-state index contributed by atoms with van der Waals surface area (Å²) >= 11 is 2.02. The topological polar surface area (TPSA) is 323 Å². The van der Waals surface area contributed by atoms with Crippen molar-refractivity contribution in [3.8, 4) is 0 Å². The molecule has 0 saturated carbocycles. The molecule has 3 heterocycles. The average Bonchev–Trinajstić information content (AvgIpc) is 3.59. The van der Waals surface area contributed by atoms with Gasteiger partial charge in [0.15, 0.2) is 23.2 Å². The number of unbranched alkanes of at least 4 members (excludes halogenated alkanes) is 6. The Labute approximate surface area is 306 Å². The summed E-state index contributed by atoms with van der Waals surface area (Å²) in [5.74, 6) is 0.466. The second-order valence-electron chi connectivity index (χ2n) is 11.3. The Hall–Kier alpha value is -1.69. The van der Waals surface area contributed by atoms with Gasteiger partial charge in [0.25, 0.3) is 0 Å². The monoisotopic (exact) mass is 901 g/mol. The van der Waals surface area contributed by atoms with Crippen molar-refractivity contribution in [3.63, 3.8) is 0 Å². The second kappa shape index (κ2) is 20.7. The predicted octanol–water partition coefficient (Wildman–Crippen LogP) is 1.38. The van der Waals surface area contributed by atoms with Gasteiger partial charge in [-0.1, -0.05) is 48.3 Å². The molecule has 2 aromatic heterocycles. The maximum absolute atomic E-state index is 12.0. The fourth-order valence-electron chi connectivity index (χ4n) is 4.90. The number of halogens is 1. The third-order valence-corrected chi connectivity index (χ3v) is 11.8. The molecule has 3 rings (SSSR count). The first-order valence-corrected chi connectivity index (χ1v) is 21.9. The van der Waals surface area contributed by atoms with E-state index in [4.69, 9.17) is 14.5 Å². The lowest BCUT2D eigenvalue weighted by Crippen LogP contribution is -2.33. The van der Waals surface area contributed by atoms with Crippen LogP contribution >= 0.6 is 46.1 Å². The molecule has 0 radical (unpaired) electrons. The van der Waals surface area contributed by atoms with E-state index in [2.05, 4.69) is 44.0 Å². The van der Waals surface area contributed by atoms with Crippen molar-refractivity contribution in [1.82, 2.24) is 30.2 Å². The summed E-state index contributed by atoms with van der Waals surface area (Å²) in [7, 11) is -16.8. The van der Waals surface area contributed by atoms with E-state index in [1.165, 1.54) is 17.2 Å². The van der Waals surface area contributed by atoms with E-state index in [0.29, 0.717) is 41.8 Å². The number of nitrogens with one attached hydrogen (secondary N) is 3. The molecule has 0 spiro atoms. The maximum atomic E-state index is 12.0. The number of aliphatic hydroxyl groups is 2. The first-order chi connectivity index (χ1) is 24.0. The number of hydrogen-bond donors (Lipinski definition) is 9. The molecule has 22 nitrogen and oxygen atoms in total. The number of phosphoric acid groups is 3. The largest absolute Gasteiger partial charge is 0.490 e. The lowest BCUT2D eigenvalue weighted by molar-refractivity contribution is -0.121. The van der Waals surface area contributed by atoms with Gasteiger partial charge in [0, 0.05) is 26.1 Å². The van der Waals surface area contributed by atoms with Crippen LogP contribution in [0, 0.1) is 0 Å². The highest BCUT2D eigenvalue weighted by Crippen LogP contribution is 2.66. The number of imidazole rings is 1. The number of anilines is 1. The summed E-state index contributed by atoms with van der Waals surface area (Å²) in [6.45, 7) is 0.844. The van der Waals surface area contributed by atoms with Crippen molar-refractivity contribution in [2.45, 2.75) is 82.3 Å². The molecule has 0 aliphatic carbocycles. The van der Waals surface area contributed by atoms with Gasteiger partial charge in [-0.2, -0.15) is 8.62 Å². The lowest BCUT2D eigenvalue weighted by Gasteiger charge is -2.19. The van der Waals surface area contributed by atoms with Gasteiger partial charge in [0.05, 0.1) is 17.4 Å². The van der Waals surface area contributed by atoms with E-state index >= 15 is 0 Å². The third-order valence-electron chi connectivity index (χ3n) is 7.28. The standard InChI is InChI=1S/C25H43IN7O15P3/c26-13-19(35)28-11-6-2-1-5-9-18(34)27-10-7-3-4-8-12-29-23-20-24(31-15-30-23)33(16-32-20)25-22(37)21(36)17(46-25)14-45-50(41,42)48-51(43,44)47-49(38,39)40/h15-17,21-22,25,36-37H,1-14H2,(H,27,34)(H,28,35)(H,41,42)(H,43,44)(H,29,30,31)(H2,38,39,40).